The number of aryl methyl sites for hydroxylation is 1. The van der Waals surface area contributed by atoms with E-state index in [4.69, 9.17) is 10.3 Å². The first kappa shape index (κ1) is 18.1. The zero-order valence-electron chi connectivity index (χ0n) is 16.0. The number of aromatic nitrogens is 4. The van der Waals surface area contributed by atoms with Crippen LogP contribution in [0.3, 0.4) is 0 Å². The van der Waals surface area contributed by atoms with E-state index in [0.29, 0.717) is 28.6 Å². The van der Waals surface area contributed by atoms with Crippen molar-refractivity contribution >= 4 is 34.4 Å². The van der Waals surface area contributed by atoms with Crippen molar-refractivity contribution in [2.45, 2.75) is 25.8 Å². The standard InChI is InChI=1S/C20H18FN7O2/c1-10-6-16(27-30-10)26-20(29)25-15-5-2-11(7-14(15)21)13-8-28(12-3-4-12)19-17(13)18(22)23-9-24-19/h2,5-9,12H,3-4H2,1H3,(H2,22,23,24)(H2,25,26,27,29). The largest absolute Gasteiger partial charge is 0.383 e. The van der Waals surface area contributed by atoms with Crippen LogP contribution in [0.4, 0.5) is 26.5 Å². The van der Waals surface area contributed by atoms with Crippen molar-refractivity contribution in [3.8, 4) is 11.1 Å². The summed E-state index contributed by atoms with van der Waals surface area (Å²) in [6.45, 7) is 1.70. The van der Waals surface area contributed by atoms with Crippen LogP contribution in [-0.2, 0) is 0 Å². The van der Waals surface area contributed by atoms with Gasteiger partial charge in [0, 0.05) is 23.9 Å². The second-order valence-corrected chi connectivity index (χ2v) is 7.24. The predicted molar refractivity (Wildman–Crippen MR) is 109 cm³/mol. The van der Waals surface area contributed by atoms with Crippen molar-refractivity contribution in [3.05, 3.63) is 48.4 Å². The normalized spacial score (nSPS) is 13.5. The smallest absolute Gasteiger partial charge is 0.325 e. The van der Waals surface area contributed by atoms with Crippen LogP contribution in [0.2, 0.25) is 0 Å². The summed E-state index contributed by atoms with van der Waals surface area (Å²) < 4.78 is 21.7. The van der Waals surface area contributed by atoms with Gasteiger partial charge in [-0.05, 0) is 37.5 Å². The molecular weight excluding hydrogens is 389 g/mol. The first-order chi connectivity index (χ1) is 14.5. The number of amides is 2. The Morgan fingerprint density at radius 1 is 1.27 bits per heavy atom. The number of anilines is 3. The van der Waals surface area contributed by atoms with Gasteiger partial charge in [-0.2, -0.15) is 0 Å². The Kier molecular flexibility index (Phi) is 4.12. The van der Waals surface area contributed by atoms with Crippen molar-refractivity contribution in [1.29, 1.82) is 0 Å². The number of benzene rings is 1. The van der Waals surface area contributed by atoms with Crippen molar-refractivity contribution in [1.82, 2.24) is 19.7 Å². The summed E-state index contributed by atoms with van der Waals surface area (Å²) in [5.41, 5.74) is 8.25. The maximum absolute atomic E-state index is 14.8. The summed E-state index contributed by atoms with van der Waals surface area (Å²) in [6.07, 6.45) is 5.52. The molecule has 152 valence electrons. The lowest BCUT2D eigenvalue weighted by Gasteiger charge is -2.08. The van der Waals surface area contributed by atoms with Crippen LogP contribution < -0.4 is 16.4 Å². The Bertz CT molecular complexity index is 1280. The Balaban J connectivity index is 1.44. The van der Waals surface area contributed by atoms with Gasteiger partial charge in [-0.15, -0.1) is 0 Å². The number of urea groups is 1. The highest BCUT2D eigenvalue weighted by Crippen LogP contribution is 2.42. The zero-order chi connectivity index (χ0) is 20.8. The van der Waals surface area contributed by atoms with E-state index in [-0.39, 0.29) is 11.5 Å². The van der Waals surface area contributed by atoms with Crippen LogP contribution in [0, 0.1) is 12.7 Å². The van der Waals surface area contributed by atoms with E-state index in [0.717, 1.165) is 24.1 Å². The molecule has 4 aromatic rings. The van der Waals surface area contributed by atoms with E-state index in [2.05, 4.69) is 30.3 Å². The second-order valence-electron chi connectivity index (χ2n) is 7.24. The minimum atomic E-state index is -0.627. The number of rotatable bonds is 4. The van der Waals surface area contributed by atoms with Gasteiger partial charge >= 0.3 is 6.03 Å². The number of fused-ring (bicyclic) bond motifs is 1. The molecule has 3 heterocycles. The molecule has 10 heteroatoms. The summed E-state index contributed by atoms with van der Waals surface area (Å²) >= 11 is 0. The number of halogens is 1. The predicted octanol–water partition coefficient (Wildman–Crippen LogP) is 4.09. The molecule has 4 N–H and O–H groups in total. The number of nitrogens with two attached hydrogens (primary N) is 1. The molecule has 0 saturated heterocycles. The fraction of sp³-hybridized carbons (Fsp3) is 0.200. The van der Waals surface area contributed by atoms with Crippen LogP contribution in [-0.4, -0.2) is 25.7 Å². The molecule has 1 aromatic carbocycles. The molecule has 30 heavy (non-hydrogen) atoms. The van der Waals surface area contributed by atoms with Crippen LogP contribution in [0.1, 0.15) is 24.6 Å². The van der Waals surface area contributed by atoms with E-state index in [1.165, 1.54) is 18.5 Å². The molecule has 5 rings (SSSR count). The van der Waals surface area contributed by atoms with E-state index in [1.807, 2.05) is 6.20 Å². The van der Waals surface area contributed by atoms with E-state index in [9.17, 15) is 9.18 Å². The zero-order valence-corrected chi connectivity index (χ0v) is 16.0. The molecule has 0 unspecified atom stereocenters. The fourth-order valence-corrected chi connectivity index (χ4v) is 3.44. The minimum Gasteiger partial charge on any atom is -0.383 e. The maximum Gasteiger partial charge on any atom is 0.325 e. The number of hydrogen-bond donors (Lipinski definition) is 3. The van der Waals surface area contributed by atoms with E-state index < -0.39 is 11.8 Å². The Hall–Kier alpha value is -3.95. The summed E-state index contributed by atoms with van der Waals surface area (Å²) in [6, 6.07) is 5.88. The molecule has 0 radical (unpaired) electrons. The quantitative estimate of drug-likeness (QED) is 0.468. The van der Waals surface area contributed by atoms with Gasteiger partial charge in [-0.25, -0.2) is 19.2 Å². The summed E-state index contributed by atoms with van der Waals surface area (Å²) in [5, 5.41) is 9.31. The number of nitrogens with zero attached hydrogens (tertiary/aromatic N) is 4. The lowest BCUT2D eigenvalue weighted by Crippen LogP contribution is -2.20. The lowest BCUT2D eigenvalue weighted by molar-refractivity contribution is 0.261. The first-order valence-electron chi connectivity index (χ1n) is 9.42. The van der Waals surface area contributed by atoms with Crippen molar-refractivity contribution in [2.24, 2.45) is 0 Å². The molecule has 0 aliphatic heterocycles. The third kappa shape index (κ3) is 3.21. The van der Waals surface area contributed by atoms with Gasteiger partial charge in [0.1, 0.15) is 29.4 Å². The van der Waals surface area contributed by atoms with Crippen molar-refractivity contribution in [3.63, 3.8) is 0 Å². The average Bonchev–Trinajstić information content (AvgIpc) is 3.36. The fourth-order valence-electron chi connectivity index (χ4n) is 3.44. The highest BCUT2D eigenvalue weighted by molar-refractivity contribution is 6.02. The number of nitrogens with one attached hydrogen (secondary N) is 2. The van der Waals surface area contributed by atoms with Gasteiger partial charge in [0.25, 0.3) is 0 Å². The van der Waals surface area contributed by atoms with E-state index >= 15 is 0 Å². The maximum atomic E-state index is 14.8. The molecule has 1 aliphatic carbocycles. The molecule has 0 bridgehead atoms. The number of carbonyl (C=O) groups excluding carboxylic acids is 1. The van der Waals surface area contributed by atoms with Gasteiger partial charge < -0.3 is 20.1 Å². The second kappa shape index (κ2) is 6.83. The first-order valence-corrected chi connectivity index (χ1v) is 9.42. The van der Waals surface area contributed by atoms with Crippen molar-refractivity contribution in [2.75, 3.05) is 16.4 Å². The number of nitrogen functional groups attached to an aromatic ring is 1. The third-order valence-electron chi connectivity index (χ3n) is 4.98. The van der Waals surface area contributed by atoms with Crippen LogP contribution >= 0.6 is 0 Å². The Morgan fingerprint density at radius 3 is 2.80 bits per heavy atom. The molecule has 1 saturated carbocycles. The third-order valence-corrected chi connectivity index (χ3v) is 4.98. The lowest BCUT2D eigenvalue weighted by atomic mass is 10.1. The van der Waals surface area contributed by atoms with Gasteiger partial charge in [-0.3, -0.25) is 5.32 Å². The van der Waals surface area contributed by atoms with Gasteiger partial charge in [0.2, 0.25) is 0 Å². The highest BCUT2D eigenvalue weighted by atomic mass is 19.1. The van der Waals surface area contributed by atoms with Gasteiger partial charge in [-0.1, -0.05) is 11.2 Å². The minimum absolute atomic E-state index is 0.0339. The molecule has 9 nitrogen and oxygen atoms in total. The molecule has 0 spiro atoms. The van der Waals surface area contributed by atoms with Crippen LogP contribution in [0.15, 0.2) is 41.3 Å². The summed E-state index contributed by atoms with van der Waals surface area (Å²) in [5.74, 6) is 0.556. The molecule has 1 fully saturated rings. The Morgan fingerprint density at radius 2 is 2.10 bits per heavy atom. The summed E-state index contributed by atoms with van der Waals surface area (Å²) in [4.78, 5) is 20.6. The monoisotopic (exact) mass is 407 g/mol. The van der Waals surface area contributed by atoms with Crippen LogP contribution in [0.25, 0.3) is 22.2 Å². The highest BCUT2D eigenvalue weighted by Gasteiger charge is 2.27. The Labute approximate surface area is 170 Å². The molecule has 3 aromatic heterocycles. The SMILES string of the molecule is Cc1cc(NC(=O)Nc2ccc(-c3cn(C4CC4)c4ncnc(N)c34)cc2F)no1. The molecule has 2 amide bonds. The molecular formula is C20H18FN7O2. The van der Waals surface area contributed by atoms with Gasteiger partial charge in [0.15, 0.2) is 5.82 Å². The van der Waals surface area contributed by atoms with Crippen molar-refractivity contribution < 1.29 is 13.7 Å². The topological polar surface area (TPSA) is 124 Å². The number of hydrogen-bond acceptors (Lipinski definition) is 6. The van der Waals surface area contributed by atoms with Crippen LogP contribution in [0.5, 0.6) is 0 Å². The van der Waals surface area contributed by atoms with E-state index in [1.54, 1.807) is 19.1 Å². The molecule has 1 aliphatic rings. The number of carbonyl (C=O) groups is 1. The summed E-state index contributed by atoms with van der Waals surface area (Å²) in [7, 11) is 0. The average molecular weight is 407 g/mol. The van der Waals surface area contributed by atoms with Gasteiger partial charge in [0.05, 0.1) is 11.1 Å². The molecule has 0 atom stereocenters.